The van der Waals surface area contributed by atoms with E-state index in [1.165, 1.54) is 28.7 Å². The summed E-state index contributed by atoms with van der Waals surface area (Å²) in [6, 6.07) is 12.9. The number of hydrogen-bond donors (Lipinski definition) is 1. The summed E-state index contributed by atoms with van der Waals surface area (Å²) >= 11 is 0. The lowest BCUT2D eigenvalue weighted by atomic mass is 9.95. The van der Waals surface area contributed by atoms with Gasteiger partial charge in [-0.2, -0.15) is 0 Å². The molecule has 27 heavy (non-hydrogen) atoms. The number of likely N-dealkylation sites (tertiary alicyclic amines) is 1. The van der Waals surface area contributed by atoms with E-state index in [2.05, 4.69) is 31.1 Å². The van der Waals surface area contributed by atoms with Crippen LogP contribution in [0.2, 0.25) is 0 Å². The van der Waals surface area contributed by atoms with Gasteiger partial charge in [-0.1, -0.05) is 35.5 Å². The summed E-state index contributed by atoms with van der Waals surface area (Å²) in [6.45, 7) is 4.37. The van der Waals surface area contributed by atoms with Crippen molar-refractivity contribution in [3.8, 4) is 11.1 Å². The first kappa shape index (κ1) is 18.6. The average Bonchev–Trinajstić information content (AvgIpc) is 3.06. The molecule has 6 nitrogen and oxygen atoms in total. The second kappa shape index (κ2) is 7.61. The zero-order valence-corrected chi connectivity index (χ0v) is 15.7. The van der Waals surface area contributed by atoms with Crippen LogP contribution >= 0.6 is 0 Å². The molecule has 0 spiro atoms. The highest BCUT2D eigenvalue weighted by Crippen LogP contribution is 2.28. The third-order valence-electron chi connectivity index (χ3n) is 4.87. The van der Waals surface area contributed by atoms with Crippen molar-refractivity contribution in [1.29, 1.82) is 0 Å². The van der Waals surface area contributed by atoms with E-state index in [4.69, 9.17) is 10.6 Å². The lowest BCUT2D eigenvalue weighted by Gasteiger charge is -2.21. The fraction of sp³-hybridized carbons (Fsp3) is 0.286. The Kier molecular flexibility index (Phi) is 5.26. The molecule has 140 valence electrons. The smallest absolute Gasteiger partial charge is 0.254 e. The van der Waals surface area contributed by atoms with Crippen LogP contribution in [0.25, 0.3) is 11.1 Å². The topological polar surface area (TPSA) is 85.0 Å². The third kappa shape index (κ3) is 3.69. The molecule has 0 radical (unpaired) electrons. The second-order valence-corrected chi connectivity index (χ2v) is 6.74. The van der Waals surface area contributed by atoms with E-state index in [-0.39, 0.29) is 12.5 Å². The van der Waals surface area contributed by atoms with Gasteiger partial charge in [0.05, 0.1) is 12.3 Å². The highest BCUT2D eigenvalue weighted by Gasteiger charge is 2.37. The van der Waals surface area contributed by atoms with Crippen molar-refractivity contribution in [2.75, 3.05) is 13.7 Å². The molecule has 3 rings (SSSR count). The molecule has 2 amide bonds. The van der Waals surface area contributed by atoms with Crippen LogP contribution in [-0.4, -0.2) is 42.1 Å². The maximum Gasteiger partial charge on any atom is 0.254 e. The third-order valence-corrected chi connectivity index (χ3v) is 4.87. The molecule has 0 aromatic heterocycles. The summed E-state index contributed by atoms with van der Waals surface area (Å²) in [5.41, 5.74) is 11.2. The van der Waals surface area contributed by atoms with E-state index in [0.717, 1.165) is 5.56 Å². The van der Waals surface area contributed by atoms with Crippen LogP contribution in [0.4, 0.5) is 0 Å². The number of nitrogens with two attached hydrogens (primary N) is 1. The minimum absolute atomic E-state index is 0.235. The summed E-state index contributed by atoms with van der Waals surface area (Å²) in [6.07, 6.45) is 0.301. The molecule has 0 bridgehead atoms. The minimum Gasteiger partial charge on any atom is -0.399 e. The van der Waals surface area contributed by atoms with Crippen molar-refractivity contribution >= 4 is 17.5 Å². The van der Waals surface area contributed by atoms with Crippen molar-refractivity contribution in [2.45, 2.75) is 26.3 Å². The molecular formula is C21H23N3O3. The largest absolute Gasteiger partial charge is 0.399 e. The predicted octanol–water partition coefficient (Wildman–Crippen LogP) is 2.67. The van der Waals surface area contributed by atoms with Crippen molar-refractivity contribution in [1.82, 2.24) is 4.90 Å². The van der Waals surface area contributed by atoms with Crippen molar-refractivity contribution in [3.63, 3.8) is 0 Å². The van der Waals surface area contributed by atoms with Crippen LogP contribution in [0.5, 0.6) is 0 Å². The Labute approximate surface area is 158 Å². The summed E-state index contributed by atoms with van der Waals surface area (Å²) in [4.78, 5) is 30.9. The van der Waals surface area contributed by atoms with Gasteiger partial charge < -0.3 is 15.5 Å². The van der Waals surface area contributed by atoms with E-state index in [9.17, 15) is 9.59 Å². The fourth-order valence-corrected chi connectivity index (χ4v) is 3.58. The van der Waals surface area contributed by atoms with Gasteiger partial charge in [-0.05, 0) is 48.2 Å². The van der Waals surface area contributed by atoms with E-state index in [0.29, 0.717) is 17.7 Å². The number of benzene rings is 2. The normalized spacial score (nSPS) is 18.0. The quantitative estimate of drug-likeness (QED) is 0.845. The second-order valence-electron chi connectivity index (χ2n) is 6.74. The SMILES string of the molecule is CON=C1CC(C(N)=O)N(C(=O)c2ccc(-c3c(C)cccc3C)cc2)C1. The van der Waals surface area contributed by atoms with Gasteiger partial charge in [0, 0.05) is 12.0 Å². The van der Waals surface area contributed by atoms with Crippen molar-refractivity contribution < 1.29 is 14.4 Å². The highest BCUT2D eigenvalue weighted by molar-refractivity contribution is 6.05. The first-order valence-electron chi connectivity index (χ1n) is 8.78. The molecule has 1 aliphatic heterocycles. The van der Waals surface area contributed by atoms with Crippen LogP contribution in [0.15, 0.2) is 47.6 Å². The van der Waals surface area contributed by atoms with Gasteiger partial charge in [-0.15, -0.1) is 0 Å². The van der Waals surface area contributed by atoms with Gasteiger partial charge in [0.2, 0.25) is 5.91 Å². The molecule has 2 aromatic carbocycles. The summed E-state index contributed by atoms with van der Waals surface area (Å²) in [7, 11) is 1.43. The van der Waals surface area contributed by atoms with E-state index >= 15 is 0 Å². The molecule has 0 saturated carbocycles. The van der Waals surface area contributed by atoms with Crippen LogP contribution in [0.1, 0.15) is 27.9 Å². The highest BCUT2D eigenvalue weighted by atomic mass is 16.6. The van der Waals surface area contributed by atoms with E-state index in [1.54, 1.807) is 12.1 Å². The first-order valence-corrected chi connectivity index (χ1v) is 8.78. The Morgan fingerprint density at radius 1 is 1.11 bits per heavy atom. The number of aryl methyl sites for hydroxylation is 2. The number of rotatable bonds is 4. The van der Waals surface area contributed by atoms with Crippen LogP contribution in [0, 0.1) is 13.8 Å². The van der Waals surface area contributed by atoms with Crippen molar-refractivity contribution in [3.05, 3.63) is 59.2 Å². The van der Waals surface area contributed by atoms with Gasteiger partial charge >= 0.3 is 0 Å². The Hall–Kier alpha value is -3.15. The molecule has 6 heteroatoms. The summed E-state index contributed by atoms with van der Waals surface area (Å²) in [5.74, 6) is -0.787. The van der Waals surface area contributed by atoms with Gasteiger partial charge in [0.15, 0.2) is 0 Å². The maximum atomic E-state index is 12.9. The van der Waals surface area contributed by atoms with Gasteiger partial charge in [0.1, 0.15) is 13.2 Å². The number of oxime groups is 1. The fourth-order valence-electron chi connectivity index (χ4n) is 3.58. The van der Waals surface area contributed by atoms with E-state index < -0.39 is 11.9 Å². The average molecular weight is 365 g/mol. The molecule has 2 N–H and O–H groups in total. The number of carbonyl (C=O) groups is 2. The lowest BCUT2D eigenvalue weighted by molar-refractivity contribution is -0.121. The number of carbonyl (C=O) groups excluding carboxylic acids is 2. The number of nitrogens with zero attached hydrogens (tertiary/aromatic N) is 2. The molecule has 1 atom stereocenters. The van der Waals surface area contributed by atoms with Crippen molar-refractivity contribution in [2.24, 2.45) is 10.9 Å². The number of primary amides is 1. The Bertz CT molecular complexity index is 883. The lowest BCUT2D eigenvalue weighted by Crippen LogP contribution is -2.43. The molecule has 1 aliphatic rings. The molecular weight excluding hydrogens is 342 g/mol. The first-order chi connectivity index (χ1) is 12.9. The number of amides is 2. The summed E-state index contributed by atoms with van der Waals surface area (Å²) in [5, 5.41) is 3.87. The summed E-state index contributed by atoms with van der Waals surface area (Å²) < 4.78 is 0. The standard InChI is InChI=1S/C21H23N3O3/c1-13-5-4-6-14(2)19(13)15-7-9-16(10-8-15)21(26)24-12-17(23-27-3)11-18(24)20(22)25/h4-10,18H,11-12H2,1-3H3,(H2,22,25). The van der Waals surface area contributed by atoms with Gasteiger partial charge in [-0.3, -0.25) is 9.59 Å². The number of hydrogen-bond acceptors (Lipinski definition) is 4. The van der Waals surface area contributed by atoms with Crippen LogP contribution in [-0.2, 0) is 9.63 Å². The molecule has 1 heterocycles. The monoisotopic (exact) mass is 365 g/mol. The Balaban J connectivity index is 1.87. The van der Waals surface area contributed by atoms with Gasteiger partial charge in [0.25, 0.3) is 5.91 Å². The van der Waals surface area contributed by atoms with Crippen LogP contribution in [0.3, 0.4) is 0 Å². The molecule has 2 aromatic rings. The van der Waals surface area contributed by atoms with E-state index in [1.807, 2.05) is 18.2 Å². The molecule has 0 aliphatic carbocycles. The maximum absolute atomic E-state index is 12.9. The molecule has 1 fully saturated rings. The predicted molar refractivity (Wildman–Crippen MR) is 104 cm³/mol. The van der Waals surface area contributed by atoms with Gasteiger partial charge in [-0.25, -0.2) is 0 Å². The minimum atomic E-state index is -0.704. The van der Waals surface area contributed by atoms with Crippen LogP contribution < -0.4 is 5.73 Å². The Morgan fingerprint density at radius 3 is 2.30 bits per heavy atom. The molecule has 1 unspecified atom stereocenters. The molecule has 1 saturated heterocycles. The zero-order chi connectivity index (χ0) is 19.6. The zero-order valence-electron chi connectivity index (χ0n) is 15.7. The Morgan fingerprint density at radius 2 is 1.74 bits per heavy atom.